The lowest BCUT2D eigenvalue weighted by Gasteiger charge is -2.34. The van der Waals surface area contributed by atoms with Gasteiger partial charge in [-0.2, -0.15) is 0 Å². The van der Waals surface area contributed by atoms with E-state index in [0.29, 0.717) is 52.0 Å². The molecule has 3 heterocycles. The molecule has 0 spiro atoms. The lowest BCUT2D eigenvalue weighted by atomic mass is 10.1. The molecule has 3 aromatic carbocycles. The highest BCUT2D eigenvalue weighted by Crippen LogP contribution is 2.35. The number of benzene rings is 3. The van der Waals surface area contributed by atoms with Crippen LogP contribution in [0.1, 0.15) is 26.4 Å². The molecule has 0 unspecified atom stereocenters. The van der Waals surface area contributed by atoms with Crippen molar-refractivity contribution in [3.05, 3.63) is 115 Å². The van der Waals surface area contributed by atoms with Gasteiger partial charge in [0.25, 0.3) is 29.0 Å². The van der Waals surface area contributed by atoms with Crippen molar-refractivity contribution in [2.45, 2.75) is 13.2 Å². The summed E-state index contributed by atoms with van der Waals surface area (Å²) in [6.07, 6.45) is 3.17. The minimum Gasteiger partial charge on any atom is -0.490 e. The average Bonchev–Trinajstić information content (AvgIpc) is 3.87. The number of aromatic amines is 1. The van der Waals surface area contributed by atoms with Gasteiger partial charge in [-0.3, -0.25) is 34.6 Å². The fourth-order valence-electron chi connectivity index (χ4n) is 6.04. The number of anilines is 1. The van der Waals surface area contributed by atoms with Gasteiger partial charge < -0.3 is 34.3 Å². The summed E-state index contributed by atoms with van der Waals surface area (Å²) < 4.78 is 19.5. The van der Waals surface area contributed by atoms with Gasteiger partial charge in [-0.15, -0.1) is 5.10 Å². The van der Waals surface area contributed by atoms with Gasteiger partial charge in [0, 0.05) is 61.1 Å². The predicted octanol–water partition coefficient (Wildman–Crippen LogP) is 4.23. The third-order valence-corrected chi connectivity index (χ3v) is 9.47. The SMILES string of the molecule is O=C(C(=O)N1CCN(C(=O)c2ccccc2)CC1)c1c[nH]c2c(Br)ccc(OCCOCCn3cc(COCCNc4c([N+](=O)[O-])cccc4[N+](=O)[O-])nn3)c12. The summed E-state index contributed by atoms with van der Waals surface area (Å²) in [5, 5.41) is 33.9. The fourth-order valence-corrected chi connectivity index (χ4v) is 6.49. The molecule has 1 aliphatic rings. The third kappa shape index (κ3) is 9.33. The number of carbonyl (C=O) groups excluding carboxylic acids is 3. The molecule has 1 fully saturated rings. The number of ether oxygens (including phenoxy) is 3. The molecule has 2 aromatic heterocycles. The van der Waals surface area contributed by atoms with Crippen LogP contribution >= 0.6 is 15.9 Å². The van der Waals surface area contributed by atoms with E-state index in [2.05, 4.69) is 36.5 Å². The van der Waals surface area contributed by atoms with Crippen LogP contribution < -0.4 is 10.1 Å². The van der Waals surface area contributed by atoms with Crippen molar-refractivity contribution in [3.8, 4) is 5.75 Å². The third-order valence-electron chi connectivity index (χ3n) is 8.81. The molecule has 0 aliphatic carbocycles. The second-order valence-corrected chi connectivity index (χ2v) is 13.2. The van der Waals surface area contributed by atoms with Crippen LogP contribution in [0, 0.1) is 20.2 Å². The number of para-hydroxylation sites is 1. The van der Waals surface area contributed by atoms with Crippen molar-refractivity contribution in [3.63, 3.8) is 0 Å². The highest BCUT2D eigenvalue weighted by Gasteiger charge is 2.31. The summed E-state index contributed by atoms with van der Waals surface area (Å²) in [4.78, 5) is 67.1. The van der Waals surface area contributed by atoms with E-state index in [0.717, 1.165) is 0 Å². The second-order valence-electron chi connectivity index (χ2n) is 12.4. The summed E-state index contributed by atoms with van der Waals surface area (Å²) in [6.45, 7) is 2.40. The van der Waals surface area contributed by atoms with Crippen LogP contribution in [-0.2, 0) is 27.4 Å². The number of Topliss-reactive ketones (excluding diaryl/α,β-unsaturated/α-hetero) is 1. The molecule has 5 aromatic rings. The zero-order valence-corrected chi connectivity index (χ0v) is 31.4. The molecule has 0 atom stereocenters. The highest BCUT2D eigenvalue weighted by atomic mass is 79.9. The van der Waals surface area contributed by atoms with Gasteiger partial charge >= 0.3 is 0 Å². The molecular formula is C36H36BrN9O10. The molecular weight excluding hydrogens is 798 g/mol. The molecule has 20 heteroatoms. The first kappa shape index (κ1) is 39.4. The number of nitro groups is 2. The van der Waals surface area contributed by atoms with Gasteiger partial charge in [-0.25, -0.2) is 4.68 Å². The number of nitrogens with one attached hydrogen (secondary N) is 2. The lowest BCUT2D eigenvalue weighted by molar-refractivity contribution is -0.392. The van der Waals surface area contributed by atoms with E-state index in [9.17, 15) is 34.6 Å². The summed E-state index contributed by atoms with van der Waals surface area (Å²) in [5.74, 6) is -1.05. The number of piperazine rings is 1. The Kier molecular flexibility index (Phi) is 13.0. The van der Waals surface area contributed by atoms with Gasteiger partial charge in [0.05, 0.1) is 65.5 Å². The van der Waals surface area contributed by atoms with E-state index in [4.69, 9.17) is 14.2 Å². The van der Waals surface area contributed by atoms with Gasteiger partial charge in [0.1, 0.15) is 18.1 Å². The Labute approximate surface area is 326 Å². The van der Waals surface area contributed by atoms with Gasteiger partial charge in [-0.1, -0.05) is 23.4 Å². The molecule has 1 aliphatic heterocycles. The molecule has 0 radical (unpaired) electrons. The van der Waals surface area contributed by atoms with Crippen LogP contribution in [0.2, 0.25) is 0 Å². The van der Waals surface area contributed by atoms with Gasteiger partial charge in [0.15, 0.2) is 5.69 Å². The average molecular weight is 835 g/mol. The summed E-state index contributed by atoms with van der Waals surface area (Å²) in [7, 11) is 0. The van der Waals surface area contributed by atoms with E-state index >= 15 is 0 Å². The van der Waals surface area contributed by atoms with Crippen LogP contribution in [-0.4, -0.2) is 116 Å². The van der Waals surface area contributed by atoms with Crippen LogP contribution in [0.4, 0.5) is 17.1 Å². The number of hydrogen-bond acceptors (Lipinski definition) is 13. The number of fused-ring (bicyclic) bond motifs is 1. The number of aromatic nitrogens is 4. The van der Waals surface area contributed by atoms with Gasteiger partial charge in [-0.05, 0) is 46.3 Å². The van der Waals surface area contributed by atoms with Crippen molar-refractivity contribution in [2.75, 3.05) is 64.5 Å². The highest BCUT2D eigenvalue weighted by molar-refractivity contribution is 9.10. The topological polar surface area (TPSA) is 230 Å². The number of carbonyl (C=O) groups is 3. The normalized spacial score (nSPS) is 12.8. The minimum atomic E-state index is -0.692. The Morgan fingerprint density at radius 1 is 0.857 bits per heavy atom. The van der Waals surface area contributed by atoms with Crippen LogP contribution in [0.5, 0.6) is 5.75 Å². The monoisotopic (exact) mass is 833 g/mol. The van der Waals surface area contributed by atoms with E-state index in [1.807, 2.05) is 6.07 Å². The molecule has 19 nitrogen and oxygen atoms in total. The minimum absolute atomic E-state index is 0.0822. The molecule has 0 bridgehead atoms. The van der Waals surface area contributed by atoms with Crippen molar-refractivity contribution in [1.82, 2.24) is 29.8 Å². The summed E-state index contributed by atoms with van der Waals surface area (Å²) in [5.41, 5.74) is 0.879. The number of hydrogen-bond donors (Lipinski definition) is 2. The number of rotatable bonds is 18. The molecule has 2 N–H and O–H groups in total. The second kappa shape index (κ2) is 18.4. The van der Waals surface area contributed by atoms with Crippen molar-refractivity contribution in [1.29, 1.82) is 0 Å². The fraction of sp³-hybridized carbons (Fsp3) is 0.306. The largest absolute Gasteiger partial charge is 0.490 e. The van der Waals surface area contributed by atoms with Crippen molar-refractivity contribution < 1.29 is 38.4 Å². The number of nitrogens with zero attached hydrogens (tertiary/aromatic N) is 7. The number of amides is 2. The number of ketones is 1. The molecule has 6 rings (SSSR count). The number of nitro benzene ring substituents is 2. The first-order chi connectivity index (χ1) is 27.1. The first-order valence-electron chi connectivity index (χ1n) is 17.4. The van der Waals surface area contributed by atoms with E-state index in [-0.39, 0.29) is 69.8 Å². The number of H-pyrrole nitrogens is 1. The Balaban J connectivity index is 0.929. The van der Waals surface area contributed by atoms with Crippen LogP contribution in [0.25, 0.3) is 10.9 Å². The Morgan fingerprint density at radius 2 is 1.57 bits per heavy atom. The Morgan fingerprint density at radius 3 is 2.29 bits per heavy atom. The zero-order valence-electron chi connectivity index (χ0n) is 29.8. The number of halogens is 1. The van der Waals surface area contributed by atoms with E-state index in [1.54, 1.807) is 52.2 Å². The molecule has 0 saturated carbocycles. The van der Waals surface area contributed by atoms with Gasteiger partial charge in [0.2, 0.25) is 0 Å². The Bertz CT molecular complexity index is 2190. The zero-order chi connectivity index (χ0) is 39.6. The quantitative estimate of drug-likeness (QED) is 0.0415. The molecule has 292 valence electrons. The standard InChI is InChI=1S/C36H36BrN9O10/c37-27-9-10-30(31-26(21-39-32(27)31)34(47)36(49)43-14-12-42(13-15-43)35(48)24-5-2-1-3-6-24)56-20-19-54-18-16-44-22-25(40-41-44)23-55-17-11-38-33-28(45(50)51)7-4-8-29(33)46(52)53/h1-10,21-22,38-39H,11-20,23H2. The van der Waals surface area contributed by atoms with Crippen molar-refractivity contribution in [2.24, 2.45) is 0 Å². The summed E-state index contributed by atoms with van der Waals surface area (Å²) in [6, 6.07) is 16.0. The van der Waals surface area contributed by atoms with Crippen LogP contribution in [0.15, 0.2) is 77.5 Å². The summed E-state index contributed by atoms with van der Waals surface area (Å²) >= 11 is 3.50. The molecule has 1 saturated heterocycles. The lowest BCUT2D eigenvalue weighted by Crippen LogP contribution is -2.52. The first-order valence-corrected chi connectivity index (χ1v) is 18.2. The van der Waals surface area contributed by atoms with E-state index in [1.165, 1.54) is 29.3 Å². The van der Waals surface area contributed by atoms with Crippen LogP contribution in [0.3, 0.4) is 0 Å². The smallest absolute Gasteiger partial charge is 0.299 e. The molecule has 56 heavy (non-hydrogen) atoms. The maximum Gasteiger partial charge on any atom is 0.299 e. The predicted molar refractivity (Wildman–Crippen MR) is 203 cm³/mol. The van der Waals surface area contributed by atoms with Crippen molar-refractivity contribution >= 4 is 61.5 Å². The maximum absolute atomic E-state index is 13.5. The Hall–Kier alpha value is -6.25. The van der Waals surface area contributed by atoms with E-state index < -0.39 is 32.9 Å². The maximum atomic E-state index is 13.5. The molecule has 2 amide bonds.